The van der Waals surface area contributed by atoms with Crippen LogP contribution in [0.3, 0.4) is 0 Å². The lowest BCUT2D eigenvalue weighted by atomic mass is 9.95. The van der Waals surface area contributed by atoms with Gasteiger partial charge in [0.05, 0.1) is 12.1 Å². The topological polar surface area (TPSA) is 75.3 Å². The molecule has 0 spiro atoms. The highest BCUT2D eigenvalue weighted by atomic mass is 16.5. The number of aromatic nitrogens is 3. The Morgan fingerprint density at radius 1 is 1.45 bits per heavy atom. The molecule has 1 aliphatic heterocycles. The van der Waals surface area contributed by atoms with Gasteiger partial charge in [0.25, 0.3) is 0 Å². The van der Waals surface area contributed by atoms with Crippen LogP contribution in [0.15, 0.2) is 28.9 Å². The Labute approximate surface area is 117 Å². The average Bonchev–Trinajstić information content (AvgIpc) is 2.87. The second-order valence-electron chi connectivity index (χ2n) is 5.54. The first-order valence-electron chi connectivity index (χ1n) is 6.81. The predicted octanol–water partition coefficient (Wildman–Crippen LogP) is 1.48. The molecular weight excluding hydrogens is 256 g/mol. The largest absolute Gasteiger partial charge is 0.389 e. The molecule has 0 saturated carbocycles. The Morgan fingerprint density at radius 2 is 2.35 bits per heavy atom. The summed E-state index contributed by atoms with van der Waals surface area (Å²) in [6.07, 6.45) is 3.52. The second kappa shape index (κ2) is 5.30. The molecule has 3 rings (SSSR count). The zero-order valence-corrected chi connectivity index (χ0v) is 11.5. The molecule has 1 unspecified atom stereocenters. The van der Waals surface area contributed by atoms with Crippen molar-refractivity contribution in [2.24, 2.45) is 0 Å². The Morgan fingerprint density at radius 3 is 3.10 bits per heavy atom. The SMILES string of the molecule is CC1(O)CCCN(Cc2nc(-c3ccccn3)no2)C1. The second-order valence-corrected chi connectivity index (χ2v) is 5.54. The van der Waals surface area contributed by atoms with Gasteiger partial charge in [-0.2, -0.15) is 4.98 Å². The van der Waals surface area contributed by atoms with Crippen molar-refractivity contribution in [1.29, 1.82) is 0 Å². The van der Waals surface area contributed by atoms with Crippen molar-refractivity contribution in [2.75, 3.05) is 13.1 Å². The highest BCUT2D eigenvalue weighted by Crippen LogP contribution is 2.22. The molecule has 1 atom stereocenters. The summed E-state index contributed by atoms with van der Waals surface area (Å²) in [6.45, 7) is 4.01. The Hall–Kier alpha value is -1.79. The number of hydrogen-bond acceptors (Lipinski definition) is 6. The fraction of sp³-hybridized carbons (Fsp3) is 0.500. The van der Waals surface area contributed by atoms with E-state index in [1.165, 1.54) is 0 Å². The quantitative estimate of drug-likeness (QED) is 0.913. The molecule has 1 N–H and O–H groups in total. The van der Waals surface area contributed by atoms with Gasteiger partial charge in [0.2, 0.25) is 11.7 Å². The summed E-state index contributed by atoms with van der Waals surface area (Å²) in [5.41, 5.74) is 0.0791. The van der Waals surface area contributed by atoms with E-state index in [4.69, 9.17) is 4.52 Å². The van der Waals surface area contributed by atoms with E-state index in [2.05, 4.69) is 20.0 Å². The first kappa shape index (κ1) is 13.2. The number of hydrogen-bond donors (Lipinski definition) is 1. The van der Waals surface area contributed by atoms with E-state index < -0.39 is 5.60 Å². The van der Waals surface area contributed by atoms with Crippen LogP contribution in [0.1, 0.15) is 25.7 Å². The summed E-state index contributed by atoms with van der Waals surface area (Å²) in [7, 11) is 0. The van der Waals surface area contributed by atoms with Crippen LogP contribution in [-0.4, -0.2) is 43.8 Å². The molecule has 6 heteroatoms. The van der Waals surface area contributed by atoms with E-state index in [0.717, 1.165) is 19.4 Å². The molecule has 3 heterocycles. The normalized spacial score (nSPS) is 23.9. The predicted molar refractivity (Wildman–Crippen MR) is 72.7 cm³/mol. The van der Waals surface area contributed by atoms with Gasteiger partial charge in [-0.3, -0.25) is 9.88 Å². The maximum Gasteiger partial charge on any atom is 0.241 e. The van der Waals surface area contributed by atoms with Crippen LogP contribution in [0.4, 0.5) is 0 Å². The van der Waals surface area contributed by atoms with Crippen molar-refractivity contribution in [3.05, 3.63) is 30.3 Å². The molecule has 1 fully saturated rings. The van der Waals surface area contributed by atoms with Gasteiger partial charge in [0.1, 0.15) is 5.69 Å². The van der Waals surface area contributed by atoms with Crippen LogP contribution in [0.25, 0.3) is 11.5 Å². The maximum absolute atomic E-state index is 10.1. The fourth-order valence-corrected chi connectivity index (χ4v) is 2.57. The van der Waals surface area contributed by atoms with E-state index in [9.17, 15) is 5.11 Å². The van der Waals surface area contributed by atoms with Crippen LogP contribution >= 0.6 is 0 Å². The maximum atomic E-state index is 10.1. The standard InChI is InChI=1S/C14H18N4O2/c1-14(19)6-4-8-18(10-14)9-12-16-13(17-20-12)11-5-2-3-7-15-11/h2-3,5,7,19H,4,6,8-10H2,1H3. The molecule has 6 nitrogen and oxygen atoms in total. The zero-order chi connectivity index (χ0) is 14.0. The molecule has 1 aliphatic rings. The van der Waals surface area contributed by atoms with Crippen molar-refractivity contribution < 1.29 is 9.63 Å². The molecule has 1 saturated heterocycles. The van der Waals surface area contributed by atoms with Gasteiger partial charge in [-0.05, 0) is 38.4 Å². The number of aliphatic hydroxyl groups is 1. The van der Waals surface area contributed by atoms with E-state index in [0.29, 0.717) is 30.5 Å². The lowest BCUT2D eigenvalue weighted by molar-refractivity contribution is -0.0207. The minimum atomic E-state index is -0.623. The average molecular weight is 274 g/mol. The molecular formula is C14H18N4O2. The van der Waals surface area contributed by atoms with Gasteiger partial charge in [-0.15, -0.1) is 0 Å². The van der Waals surface area contributed by atoms with Crippen molar-refractivity contribution >= 4 is 0 Å². The number of likely N-dealkylation sites (tertiary alicyclic amines) is 1. The molecule has 2 aromatic heterocycles. The Balaban J connectivity index is 1.69. The smallest absolute Gasteiger partial charge is 0.241 e. The third-order valence-corrected chi connectivity index (χ3v) is 3.47. The fourth-order valence-electron chi connectivity index (χ4n) is 2.57. The van der Waals surface area contributed by atoms with Gasteiger partial charge in [-0.25, -0.2) is 0 Å². The third kappa shape index (κ3) is 3.02. The van der Waals surface area contributed by atoms with E-state index in [1.54, 1.807) is 6.20 Å². The van der Waals surface area contributed by atoms with Crippen LogP contribution in [0, 0.1) is 0 Å². The zero-order valence-electron chi connectivity index (χ0n) is 11.5. The number of β-amino-alcohol motifs (C(OH)–C–C–N with tert-alkyl or cyclic N) is 1. The van der Waals surface area contributed by atoms with E-state index in [1.807, 2.05) is 25.1 Å². The van der Waals surface area contributed by atoms with Gasteiger partial charge >= 0.3 is 0 Å². The molecule has 106 valence electrons. The first-order valence-corrected chi connectivity index (χ1v) is 6.81. The summed E-state index contributed by atoms with van der Waals surface area (Å²) < 4.78 is 5.27. The summed E-state index contributed by atoms with van der Waals surface area (Å²) in [5.74, 6) is 1.06. The van der Waals surface area contributed by atoms with Gasteiger partial charge in [0, 0.05) is 12.7 Å². The van der Waals surface area contributed by atoms with Crippen molar-refractivity contribution in [2.45, 2.75) is 31.9 Å². The highest BCUT2D eigenvalue weighted by Gasteiger charge is 2.29. The number of rotatable bonds is 3. The number of nitrogens with zero attached hydrogens (tertiary/aromatic N) is 4. The number of piperidine rings is 1. The van der Waals surface area contributed by atoms with Crippen LogP contribution in [-0.2, 0) is 6.54 Å². The Bertz CT molecular complexity index is 568. The van der Waals surface area contributed by atoms with Crippen LogP contribution in [0.5, 0.6) is 0 Å². The lowest BCUT2D eigenvalue weighted by Crippen LogP contribution is -2.45. The summed E-state index contributed by atoms with van der Waals surface area (Å²) >= 11 is 0. The van der Waals surface area contributed by atoms with Crippen LogP contribution in [0.2, 0.25) is 0 Å². The minimum absolute atomic E-state index is 0.504. The van der Waals surface area contributed by atoms with Crippen molar-refractivity contribution in [3.63, 3.8) is 0 Å². The minimum Gasteiger partial charge on any atom is -0.389 e. The molecule has 0 bridgehead atoms. The van der Waals surface area contributed by atoms with Crippen LogP contribution < -0.4 is 0 Å². The lowest BCUT2D eigenvalue weighted by Gasteiger charge is -2.35. The van der Waals surface area contributed by atoms with Gasteiger partial charge < -0.3 is 9.63 Å². The number of pyridine rings is 1. The molecule has 0 radical (unpaired) electrons. The highest BCUT2D eigenvalue weighted by molar-refractivity contribution is 5.46. The third-order valence-electron chi connectivity index (χ3n) is 3.47. The molecule has 0 aliphatic carbocycles. The summed E-state index contributed by atoms with van der Waals surface area (Å²) in [5, 5.41) is 14.0. The molecule has 0 aromatic carbocycles. The Kier molecular flexibility index (Phi) is 3.50. The summed E-state index contributed by atoms with van der Waals surface area (Å²) in [4.78, 5) is 10.7. The first-order chi connectivity index (χ1) is 9.62. The monoisotopic (exact) mass is 274 g/mol. The molecule has 2 aromatic rings. The van der Waals surface area contributed by atoms with E-state index in [-0.39, 0.29) is 0 Å². The van der Waals surface area contributed by atoms with E-state index >= 15 is 0 Å². The van der Waals surface area contributed by atoms with Crippen molar-refractivity contribution in [1.82, 2.24) is 20.0 Å². The molecule has 0 amide bonds. The van der Waals surface area contributed by atoms with Crippen molar-refractivity contribution in [3.8, 4) is 11.5 Å². The van der Waals surface area contributed by atoms with Gasteiger partial charge in [0.15, 0.2) is 0 Å². The molecule has 20 heavy (non-hydrogen) atoms. The summed E-state index contributed by atoms with van der Waals surface area (Å²) in [6, 6.07) is 5.58. The van der Waals surface area contributed by atoms with Gasteiger partial charge in [-0.1, -0.05) is 11.2 Å².